The molecule has 61 valence electrons. The first-order valence-electron chi connectivity index (χ1n) is 4.23. The van der Waals surface area contributed by atoms with Crippen molar-refractivity contribution in [1.82, 2.24) is 4.98 Å². The molecule has 0 aromatic carbocycles. The van der Waals surface area contributed by atoms with Crippen LogP contribution in [-0.2, 0) is 12.8 Å². The van der Waals surface area contributed by atoms with E-state index in [9.17, 15) is 0 Å². The largest absolute Gasteiger partial charge is 0.437 e. The van der Waals surface area contributed by atoms with Gasteiger partial charge in [0.15, 0.2) is 0 Å². The van der Waals surface area contributed by atoms with Gasteiger partial charge in [0.05, 0.1) is 5.69 Å². The van der Waals surface area contributed by atoms with Crippen LogP contribution >= 0.6 is 0 Å². The zero-order chi connectivity index (χ0) is 8.10. The normalized spacial score (nSPS) is 10.4. The van der Waals surface area contributed by atoms with Gasteiger partial charge in [-0.3, -0.25) is 0 Å². The Morgan fingerprint density at radius 1 is 1.27 bits per heavy atom. The highest BCUT2D eigenvalue weighted by Crippen LogP contribution is 2.10. The van der Waals surface area contributed by atoms with E-state index in [-0.39, 0.29) is 0 Å². The Kier molecular flexibility index (Phi) is 3.14. The zero-order valence-corrected chi connectivity index (χ0v) is 7.18. The van der Waals surface area contributed by atoms with Gasteiger partial charge in [0.25, 0.3) is 6.39 Å². The van der Waals surface area contributed by atoms with Crippen molar-refractivity contribution in [3.8, 4) is 0 Å². The summed E-state index contributed by atoms with van der Waals surface area (Å²) in [7, 11) is 0. The standard InChI is InChI=1S/C9H14NO/c1-3-5-8-9(6-4-2)11-7-10-8/h3-6H2,1-2H3. The van der Waals surface area contributed by atoms with E-state index in [0.717, 1.165) is 37.1 Å². The van der Waals surface area contributed by atoms with E-state index >= 15 is 0 Å². The molecule has 11 heavy (non-hydrogen) atoms. The van der Waals surface area contributed by atoms with Gasteiger partial charge in [0, 0.05) is 6.42 Å². The number of aromatic nitrogens is 1. The molecular formula is C9H14NO. The van der Waals surface area contributed by atoms with Crippen LogP contribution in [0.15, 0.2) is 4.42 Å². The van der Waals surface area contributed by atoms with Crippen molar-refractivity contribution in [2.75, 3.05) is 0 Å². The summed E-state index contributed by atoms with van der Waals surface area (Å²) in [6.45, 7) is 4.28. The molecule has 0 unspecified atom stereocenters. The number of rotatable bonds is 4. The Morgan fingerprint density at radius 2 is 2.00 bits per heavy atom. The molecule has 0 N–H and O–H groups in total. The van der Waals surface area contributed by atoms with Gasteiger partial charge in [0.2, 0.25) is 0 Å². The summed E-state index contributed by atoms with van der Waals surface area (Å²) >= 11 is 0. The average Bonchev–Trinajstić information content (AvgIpc) is 2.39. The second-order valence-corrected chi connectivity index (χ2v) is 2.68. The molecule has 0 saturated carbocycles. The van der Waals surface area contributed by atoms with E-state index < -0.39 is 0 Å². The Hall–Kier alpha value is -0.790. The van der Waals surface area contributed by atoms with Crippen molar-refractivity contribution in [2.24, 2.45) is 0 Å². The molecule has 0 fully saturated rings. The maximum Gasteiger partial charge on any atom is 0.284 e. The van der Waals surface area contributed by atoms with E-state index in [4.69, 9.17) is 4.42 Å². The molecule has 1 aromatic rings. The van der Waals surface area contributed by atoms with Gasteiger partial charge < -0.3 is 4.42 Å². The summed E-state index contributed by atoms with van der Waals surface area (Å²) in [6.07, 6.45) is 6.78. The molecule has 0 spiro atoms. The van der Waals surface area contributed by atoms with Crippen molar-refractivity contribution >= 4 is 0 Å². The molecule has 0 aliphatic heterocycles. The Balaban J connectivity index is 2.62. The molecule has 0 amide bonds. The van der Waals surface area contributed by atoms with Gasteiger partial charge in [-0.1, -0.05) is 20.3 Å². The lowest BCUT2D eigenvalue weighted by molar-refractivity contribution is 0.489. The number of aryl methyl sites for hydroxylation is 2. The fourth-order valence-corrected chi connectivity index (χ4v) is 1.11. The quantitative estimate of drug-likeness (QED) is 0.662. The fourth-order valence-electron chi connectivity index (χ4n) is 1.11. The molecule has 2 nitrogen and oxygen atoms in total. The van der Waals surface area contributed by atoms with Crippen molar-refractivity contribution in [1.29, 1.82) is 0 Å². The van der Waals surface area contributed by atoms with Crippen molar-refractivity contribution in [3.05, 3.63) is 17.8 Å². The fraction of sp³-hybridized carbons (Fsp3) is 0.667. The van der Waals surface area contributed by atoms with E-state index in [1.54, 1.807) is 0 Å². The summed E-state index contributed by atoms with van der Waals surface area (Å²) in [4.78, 5) is 4.03. The topological polar surface area (TPSA) is 26.0 Å². The van der Waals surface area contributed by atoms with E-state index in [1.807, 2.05) is 0 Å². The van der Waals surface area contributed by atoms with Crippen LogP contribution in [0.3, 0.4) is 0 Å². The molecule has 2 heteroatoms. The molecule has 0 aliphatic rings. The predicted octanol–water partition coefficient (Wildman–Crippen LogP) is 2.38. The molecule has 1 rings (SSSR count). The lowest BCUT2D eigenvalue weighted by Gasteiger charge is -1.95. The Bertz CT molecular complexity index is 185. The third-order valence-corrected chi connectivity index (χ3v) is 1.64. The maximum atomic E-state index is 5.12. The summed E-state index contributed by atoms with van der Waals surface area (Å²) in [6, 6.07) is 0. The summed E-state index contributed by atoms with van der Waals surface area (Å²) in [5.41, 5.74) is 1.09. The Morgan fingerprint density at radius 3 is 2.64 bits per heavy atom. The highest BCUT2D eigenvalue weighted by Gasteiger charge is 2.05. The third kappa shape index (κ3) is 2.07. The first-order chi connectivity index (χ1) is 5.38. The highest BCUT2D eigenvalue weighted by molar-refractivity contribution is 5.06. The number of hydrogen-bond donors (Lipinski definition) is 0. The first kappa shape index (κ1) is 8.31. The molecule has 1 aromatic heterocycles. The summed E-state index contributed by atoms with van der Waals surface area (Å²) < 4.78 is 5.12. The smallest absolute Gasteiger partial charge is 0.284 e. The lowest BCUT2D eigenvalue weighted by Crippen LogP contribution is -1.90. The molecular weight excluding hydrogens is 138 g/mol. The van der Waals surface area contributed by atoms with Gasteiger partial charge in [-0.15, -0.1) is 0 Å². The van der Waals surface area contributed by atoms with Crippen LogP contribution in [0, 0.1) is 6.39 Å². The summed E-state index contributed by atoms with van der Waals surface area (Å²) in [5.74, 6) is 1.02. The molecule has 0 atom stereocenters. The second kappa shape index (κ2) is 4.16. The van der Waals surface area contributed by atoms with Crippen LogP contribution in [0.4, 0.5) is 0 Å². The van der Waals surface area contributed by atoms with Crippen LogP contribution in [-0.4, -0.2) is 4.98 Å². The number of nitrogens with zero attached hydrogens (tertiary/aromatic N) is 1. The van der Waals surface area contributed by atoms with Gasteiger partial charge in [0.1, 0.15) is 5.76 Å². The van der Waals surface area contributed by atoms with E-state index in [2.05, 4.69) is 25.2 Å². The molecule has 0 aliphatic carbocycles. The summed E-state index contributed by atoms with van der Waals surface area (Å²) in [5, 5.41) is 0. The van der Waals surface area contributed by atoms with Crippen LogP contribution in [0.2, 0.25) is 0 Å². The Labute approximate surface area is 67.6 Å². The average molecular weight is 152 g/mol. The molecule has 0 saturated heterocycles. The molecule has 0 bridgehead atoms. The number of hydrogen-bond acceptors (Lipinski definition) is 2. The van der Waals surface area contributed by atoms with Gasteiger partial charge in [-0.25, -0.2) is 4.98 Å². The van der Waals surface area contributed by atoms with Gasteiger partial charge >= 0.3 is 0 Å². The van der Waals surface area contributed by atoms with Crippen molar-refractivity contribution in [2.45, 2.75) is 39.5 Å². The minimum Gasteiger partial charge on any atom is -0.437 e. The second-order valence-electron chi connectivity index (χ2n) is 2.68. The minimum atomic E-state index is 0.992. The van der Waals surface area contributed by atoms with Crippen LogP contribution in [0.1, 0.15) is 38.1 Å². The highest BCUT2D eigenvalue weighted by atomic mass is 16.3. The first-order valence-corrected chi connectivity index (χ1v) is 4.23. The van der Waals surface area contributed by atoms with Crippen LogP contribution in [0.5, 0.6) is 0 Å². The van der Waals surface area contributed by atoms with Crippen LogP contribution in [0.25, 0.3) is 0 Å². The monoisotopic (exact) mass is 152 g/mol. The van der Waals surface area contributed by atoms with Crippen molar-refractivity contribution in [3.63, 3.8) is 0 Å². The van der Waals surface area contributed by atoms with Gasteiger partial charge in [-0.2, -0.15) is 0 Å². The van der Waals surface area contributed by atoms with E-state index in [0.29, 0.717) is 0 Å². The third-order valence-electron chi connectivity index (χ3n) is 1.64. The minimum absolute atomic E-state index is 0.992. The van der Waals surface area contributed by atoms with Gasteiger partial charge in [-0.05, 0) is 12.8 Å². The molecule has 1 heterocycles. The van der Waals surface area contributed by atoms with Crippen LogP contribution < -0.4 is 0 Å². The SMILES string of the molecule is CCCc1n[c]oc1CCC. The molecule has 1 radical (unpaired) electrons. The lowest BCUT2D eigenvalue weighted by atomic mass is 10.1. The van der Waals surface area contributed by atoms with Crippen molar-refractivity contribution < 1.29 is 4.42 Å². The maximum absolute atomic E-state index is 5.12. The number of oxazole rings is 1. The zero-order valence-electron chi connectivity index (χ0n) is 7.18. The van der Waals surface area contributed by atoms with E-state index in [1.165, 1.54) is 0 Å². The predicted molar refractivity (Wildman–Crippen MR) is 43.3 cm³/mol.